The van der Waals surface area contributed by atoms with Gasteiger partial charge in [0.2, 0.25) is 11.8 Å². The highest BCUT2D eigenvalue weighted by molar-refractivity contribution is 5.88. The van der Waals surface area contributed by atoms with E-state index in [-0.39, 0.29) is 36.0 Å². The fraction of sp³-hybridized carbons (Fsp3) is 0.333. The predicted octanol–water partition coefficient (Wildman–Crippen LogP) is 17.7. The summed E-state index contributed by atoms with van der Waals surface area (Å²) in [7, 11) is 1.35. The van der Waals surface area contributed by atoms with Gasteiger partial charge in [0, 0.05) is 60.6 Å². The molecule has 17 nitrogen and oxygen atoms in total. The van der Waals surface area contributed by atoms with Crippen molar-refractivity contribution in [1.29, 1.82) is 0 Å². The molecule has 0 aliphatic carbocycles. The number of likely N-dealkylation sites (tertiary alicyclic amines) is 4. The predicted molar refractivity (Wildman–Crippen MR) is 385 cm³/mol. The van der Waals surface area contributed by atoms with Gasteiger partial charge in [-0.3, -0.25) is 19.4 Å². The summed E-state index contributed by atoms with van der Waals surface area (Å²) in [6.45, 7) is 25.3. The van der Waals surface area contributed by atoms with Crippen molar-refractivity contribution in [2.24, 2.45) is 0 Å². The number of carboxylic acid groups (broad SMARTS) is 1. The molecule has 3 N–H and O–H groups in total. The zero-order valence-corrected chi connectivity index (χ0v) is 57.6. The molecule has 2 aromatic heterocycles. The maximum Gasteiger partial charge on any atom is 0.387 e. The zero-order chi connectivity index (χ0) is 70.6. The number of carbonyl (C=O) groups is 2. The molecule has 0 radical (unpaired) electrons. The van der Waals surface area contributed by atoms with Crippen LogP contribution in [0.3, 0.4) is 0 Å². The number of oxazole rings is 2. The van der Waals surface area contributed by atoms with Crippen LogP contribution < -0.4 is 9.47 Å². The first-order chi connectivity index (χ1) is 48.9. The molecule has 14 rings (SSSR count). The summed E-state index contributed by atoms with van der Waals surface area (Å²) in [4.78, 5) is 50.0. The molecular formula is C81H80F4N8O9. The number of alkyl halides is 4. The summed E-state index contributed by atoms with van der Waals surface area (Å²) in [5, 5.41) is 9.64. The van der Waals surface area contributed by atoms with Gasteiger partial charge in [-0.1, -0.05) is 84.9 Å². The Labute approximate surface area is 589 Å². The van der Waals surface area contributed by atoms with Gasteiger partial charge in [0.15, 0.2) is 22.5 Å². The van der Waals surface area contributed by atoms with Gasteiger partial charge in [0.05, 0.1) is 20.3 Å². The third kappa shape index (κ3) is 15.2. The van der Waals surface area contributed by atoms with Crippen LogP contribution >= 0.6 is 0 Å². The van der Waals surface area contributed by atoms with E-state index in [0.717, 1.165) is 135 Å². The highest BCUT2D eigenvalue weighted by Crippen LogP contribution is 2.43. The lowest BCUT2D eigenvalue weighted by Crippen LogP contribution is -2.36. The highest BCUT2D eigenvalue weighted by Gasteiger charge is 2.34. The van der Waals surface area contributed by atoms with Gasteiger partial charge >= 0.3 is 25.2 Å². The number of carboxylic acids is 1. The molecule has 0 spiro atoms. The molecule has 8 aromatic carbocycles. The third-order valence-corrected chi connectivity index (χ3v) is 20.4. The number of benzene rings is 8. The van der Waals surface area contributed by atoms with Crippen molar-refractivity contribution >= 4 is 45.5 Å². The van der Waals surface area contributed by atoms with E-state index in [9.17, 15) is 32.3 Å². The molecule has 21 heteroatoms. The number of carbonyl (C=O) groups excluding carboxylic acids is 1. The van der Waals surface area contributed by atoms with Crippen LogP contribution in [-0.2, 0) is 40.5 Å². The number of methoxy groups -OCH3 is 1. The molecule has 4 fully saturated rings. The largest absolute Gasteiger partial charge is 0.480 e. The molecule has 4 saturated heterocycles. The van der Waals surface area contributed by atoms with Gasteiger partial charge < -0.3 is 43.4 Å². The van der Waals surface area contributed by atoms with E-state index in [1.807, 2.05) is 67.3 Å². The van der Waals surface area contributed by atoms with E-state index in [4.69, 9.17) is 46.2 Å². The Morgan fingerprint density at radius 3 is 1.25 bits per heavy atom. The smallest absolute Gasteiger partial charge is 0.387 e. The summed E-state index contributed by atoms with van der Waals surface area (Å²) < 4.78 is 81.1. The van der Waals surface area contributed by atoms with Crippen LogP contribution in [-0.4, -0.2) is 124 Å². The average molecular weight is 1390 g/mol. The van der Waals surface area contributed by atoms with Gasteiger partial charge in [0.1, 0.15) is 34.6 Å². The normalized spacial score (nSPS) is 16.5. The Balaban J connectivity index is 0.000000191. The van der Waals surface area contributed by atoms with Gasteiger partial charge in [-0.05, 0) is 233 Å². The third-order valence-electron chi connectivity index (χ3n) is 20.4. The number of nitrogens with zero attached hydrogens (tertiary/aromatic N) is 8. The van der Waals surface area contributed by atoms with E-state index in [2.05, 4.69) is 94.0 Å². The summed E-state index contributed by atoms with van der Waals surface area (Å²) in [6.07, 6.45) is 7.48. The van der Waals surface area contributed by atoms with Crippen molar-refractivity contribution in [2.45, 2.75) is 131 Å². The number of fused-ring (bicyclic) bond motifs is 2. The molecule has 102 heavy (non-hydrogen) atoms. The summed E-state index contributed by atoms with van der Waals surface area (Å²) in [5.41, 5.74) is 19.8. The van der Waals surface area contributed by atoms with Crippen LogP contribution in [0.5, 0.6) is 11.5 Å². The second-order valence-corrected chi connectivity index (χ2v) is 26.6. The van der Waals surface area contributed by atoms with Crippen LogP contribution in [0, 0.1) is 40.8 Å². The Morgan fingerprint density at radius 1 is 0.500 bits per heavy atom. The maximum absolute atomic E-state index is 13.5. The minimum absolute atomic E-state index is 0. The fourth-order valence-electron chi connectivity index (χ4n) is 15.1. The number of ether oxygens (including phenoxy) is 3. The van der Waals surface area contributed by atoms with E-state index in [1.54, 1.807) is 17.0 Å². The lowest BCUT2D eigenvalue weighted by atomic mass is 9.89. The number of rotatable bonds is 20. The Kier molecular flexibility index (Phi) is 22.0. The molecule has 0 saturated carbocycles. The molecule has 4 aliphatic heterocycles. The van der Waals surface area contributed by atoms with Crippen molar-refractivity contribution in [2.75, 3.05) is 46.4 Å². The standard InChI is InChI=1S/C41H40F2N4O4.C40H38F2N4O4.H2O/c1-25-30(27-15-16-28(34(20-27)44-3)23-46-17-5-6-18-46)10-7-11-31(25)32-12-8-13-33(26(32)2)39-45-35-21-29(37(51-41(42)43)22-38(35)50-39)24-47-19-9-14-36(47)40(48)49-4;1-24-29(26-14-15-27(33(19-26)43-3)22-45-16-4-5-17-45)9-6-10-30(24)31-11-7-12-32(25(31)2)38-44-34-20-28(23-46-18-8-13-35(46)39(47)48)36(50-40(41)42)21-37(34)49-38;/h7-8,10-13,15-16,20-22,36,41H,5-6,9,14,17-19,23-24H2,1-2,4H3;6-7,9-12,14-15,19-21,35,40H,4-5,8,13,16-18,22-23H2,1-2H3,(H,47,48);1H2/t36-;35-;/m00./s1. The lowest BCUT2D eigenvalue weighted by molar-refractivity contribution is -0.146. The van der Waals surface area contributed by atoms with Gasteiger partial charge in [-0.2, -0.15) is 17.6 Å². The zero-order valence-electron chi connectivity index (χ0n) is 57.6. The first-order valence-electron chi connectivity index (χ1n) is 34.4. The van der Waals surface area contributed by atoms with E-state index < -0.39 is 31.3 Å². The van der Waals surface area contributed by atoms with Crippen LogP contribution in [0.1, 0.15) is 95.9 Å². The lowest BCUT2D eigenvalue weighted by Gasteiger charge is -2.23. The molecule has 10 aromatic rings. The van der Waals surface area contributed by atoms with Crippen molar-refractivity contribution in [3.63, 3.8) is 0 Å². The number of aliphatic carboxylic acids is 1. The van der Waals surface area contributed by atoms with Crippen LogP contribution in [0.15, 0.2) is 142 Å². The minimum atomic E-state index is -3.05. The van der Waals surface area contributed by atoms with Crippen LogP contribution in [0.2, 0.25) is 0 Å². The number of esters is 1. The molecular weight excluding hydrogens is 1300 g/mol. The summed E-state index contributed by atoms with van der Waals surface area (Å²) in [5.74, 6) is -0.647. The Hall–Kier alpha value is -10.3. The number of hydrogen-bond acceptors (Lipinski definition) is 13. The van der Waals surface area contributed by atoms with Gasteiger partial charge in [-0.25, -0.2) is 19.7 Å². The van der Waals surface area contributed by atoms with Crippen LogP contribution in [0.25, 0.3) is 99.3 Å². The molecule has 0 amide bonds. The second-order valence-electron chi connectivity index (χ2n) is 26.6. The molecule has 2 atom stereocenters. The first kappa shape index (κ1) is 71.6. The molecule has 4 aliphatic rings. The Bertz CT molecular complexity index is 4850. The molecule has 0 bridgehead atoms. The topological polar surface area (TPSA) is 187 Å². The molecule has 6 heterocycles. The van der Waals surface area contributed by atoms with E-state index in [1.165, 1.54) is 44.9 Å². The minimum Gasteiger partial charge on any atom is -0.480 e. The summed E-state index contributed by atoms with van der Waals surface area (Å²) >= 11 is 0. The SMILES string of the molecule is O.[C-]#[N+]c1cc(-c2cccc(-c3cccc(-c4nc5cc(CN6CCC[C@H]6C(=O)O)c(OC(F)F)cc5o4)c3C)c2C)ccc1CN1CCCC1.[C-]#[N+]c1cc(-c2cccc(-c3cccc(-c4nc5cc(CN6CCC[C@H]6C(=O)OC)c(OC(F)F)cc5o4)c3C)c2C)ccc1CN1CCCC1. The fourth-order valence-corrected chi connectivity index (χ4v) is 15.1. The highest BCUT2D eigenvalue weighted by atomic mass is 19.3. The van der Waals surface area contributed by atoms with Gasteiger partial charge in [-0.15, -0.1) is 0 Å². The van der Waals surface area contributed by atoms with E-state index in [0.29, 0.717) is 88.8 Å². The summed E-state index contributed by atoms with van der Waals surface area (Å²) in [6, 6.07) is 41.8. The Morgan fingerprint density at radius 2 is 0.873 bits per heavy atom. The molecule has 0 unspecified atom stereocenters. The van der Waals surface area contributed by atoms with Crippen molar-refractivity contribution in [3.05, 3.63) is 201 Å². The monoisotopic (exact) mass is 1380 g/mol. The first-order valence-corrected chi connectivity index (χ1v) is 34.4. The van der Waals surface area contributed by atoms with Crippen molar-refractivity contribution in [1.82, 2.24) is 29.6 Å². The number of aromatic nitrogens is 2. The van der Waals surface area contributed by atoms with Gasteiger partial charge in [0.25, 0.3) is 0 Å². The van der Waals surface area contributed by atoms with Crippen molar-refractivity contribution in [3.8, 4) is 78.9 Å². The second kappa shape index (κ2) is 31.3. The number of halogens is 4. The maximum atomic E-state index is 13.5. The van der Waals surface area contributed by atoms with Crippen molar-refractivity contribution < 1.29 is 60.8 Å². The number of hydrogen-bond donors (Lipinski definition) is 1. The molecule has 526 valence electrons. The van der Waals surface area contributed by atoms with E-state index >= 15 is 0 Å². The average Bonchev–Trinajstić information content (AvgIpc) is 1.34. The van der Waals surface area contributed by atoms with Crippen LogP contribution in [0.4, 0.5) is 28.9 Å². The quantitative estimate of drug-likeness (QED) is 0.0431.